The van der Waals surface area contributed by atoms with Crippen molar-refractivity contribution in [1.29, 1.82) is 0 Å². The fourth-order valence-electron chi connectivity index (χ4n) is 2.69. The van der Waals surface area contributed by atoms with Gasteiger partial charge >= 0.3 is 0 Å². The molecule has 0 aliphatic carbocycles. The van der Waals surface area contributed by atoms with Crippen LogP contribution in [0.2, 0.25) is 0 Å². The molecule has 0 saturated carbocycles. The fourth-order valence-corrected chi connectivity index (χ4v) is 3.33. The summed E-state index contributed by atoms with van der Waals surface area (Å²) in [4.78, 5) is 38.8. The van der Waals surface area contributed by atoms with E-state index in [1.165, 1.54) is 11.3 Å². The summed E-state index contributed by atoms with van der Waals surface area (Å²) < 4.78 is 5.26. The molecular formula is C19H21N3O4S. The highest BCUT2D eigenvalue weighted by Gasteiger charge is 2.18. The number of carbonyl (C=O) groups excluding carboxylic acids is 3. The first kappa shape index (κ1) is 19.1. The molecule has 3 rings (SSSR count). The van der Waals surface area contributed by atoms with Crippen LogP contribution < -0.4 is 10.6 Å². The van der Waals surface area contributed by atoms with Gasteiger partial charge in [-0.15, -0.1) is 11.3 Å². The third kappa shape index (κ3) is 5.38. The standard InChI is InChI=1S/C19H21N3O4S/c23-17(6-7-20-18(24)16-5-2-12-27-16)21-15-4-1-3-14(13-15)19(25)22-8-10-26-11-9-22/h1-5,12-13H,6-11H2,(H,20,24)(H,21,23). The van der Waals surface area contributed by atoms with E-state index in [2.05, 4.69) is 10.6 Å². The first-order valence-corrected chi connectivity index (χ1v) is 9.60. The summed E-state index contributed by atoms with van der Waals surface area (Å²) in [6, 6.07) is 10.4. The molecule has 1 saturated heterocycles. The molecule has 0 atom stereocenters. The van der Waals surface area contributed by atoms with Gasteiger partial charge in [-0.2, -0.15) is 0 Å². The Hall–Kier alpha value is -2.71. The number of benzene rings is 1. The second-order valence-electron chi connectivity index (χ2n) is 6.02. The Morgan fingerprint density at radius 1 is 1.11 bits per heavy atom. The largest absolute Gasteiger partial charge is 0.378 e. The second kappa shape index (κ2) is 9.29. The van der Waals surface area contributed by atoms with E-state index in [9.17, 15) is 14.4 Å². The molecule has 1 aliphatic rings. The van der Waals surface area contributed by atoms with Crippen molar-refractivity contribution in [3.8, 4) is 0 Å². The monoisotopic (exact) mass is 387 g/mol. The number of thiophene rings is 1. The van der Waals surface area contributed by atoms with Crippen molar-refractivity contribution in [2.75, 3.05) is 38.2 Å². The van der Waals surface area contributed by atoms with E-state index in [1.54, 1.807) is 41.3 Å². The van der Waals surface area contributed by atoms with Gasteiger partial charge in [-0.3, -0.25) is 14.4 Å². The maximum absolute atomic E-state index is 12.5. The van der Waals surface area contributed by atoms with Gasteiger partial charge in [0.1, 0.15) is 0 Å². The van der Waals surface area contributed by atoms with E-state index in [4.69, 9.17) is 4.74 Å². The molecule has 142 valence electrons. The summed E-state index contributed by atoms with van der Waals surface area (Å²) in [6.07, 6.45) is 0.152. The molecule has 1 fully saturated rings. The van der Waals surface area contributed by atoms with Gasteiger partial charge in [-0.25, -0.2) is 0 Å². The summed E-state index contributed by atoms with van der Waals surface area (Å²) in [5.74, 6) is -0.481. The van der Waals surface area contributed by atoms with Gasteiger partial charge in [-0.1, -0.05) is 12.1 Å². The Labute approximate surface area is 161 Å². The van der Waals surface area contributed by atoms with E-state index in [1.807, 2.05) is 5.38 Å². The summed E-state index contributed by atoms with van der Waals surface area (Å²) >= 11 is 1.35. The van der Waals surface area contributed by atoms with Crippen molar-refractivity contribution in [2.45, 2.75) is 6.42 Å². The Kier molecular flexibility index (Phi) is 6.56. The highest BCUT2D eigenvalue weighted by atomic mass is 32.1. The van der Waals surface area contributed by atoms with Crippen molar-refractivity contribution in [3.63, 3.8) is 0 Å². The van der Waals surface area contributed by atoms with E-state index in [0.717, 1.165) is 0 Å². The zero-order valence-corrected chi connectivity index (χ0v) is 15.6. The van der Waals surface area contributed by atoms with Gasteiger partial charge in [-0.05, 0) is 29.6 Å². The third-order valence-electron chi connectivity index (χ3n) is 4.07. The van der Waals surface area contributed by atoms with Crippen molar-refractivity contribution in [1.82, 2.24) is 10.2 Å². The number of carbonyl (C=O) groups is 3. The number of nitrogens with zero attached hydrogens (tertiary/aromatic N) is 1. The molecule has 2 N–H and O–H groups in total. The zero-order valence-electron chi connectivity index (χ0n) is 14.8. The van der Waals surface area contributed by atoms with Gasteiger partial charge in [0.05, 0.1) is 18.1 Å². The number of anilines is 1. The highest BCUT2D eigenvalue weighted by molar-refractivity contribution is 7.12. The van der Waals surface area contributed by atoms with E-state index >= 15 is 0 Å². The van der Waals surface area contributed by atoms with Crippen LogP contribution in [0, 0.1) is 0 Å². The lowest BCUT2D eigenvalue weighted by Crippen LogP contribution is -2.40. The van der Waals surface area contributed by atoms with Crippen LogP contribution in [0.25, 0.3) is 0 Å². The van der Waals surface area contributed by atoms with Crippen molar-refractivity contribution < 1.29 is 19.1 Å². The summed E-state index contributed by atoms with van der Waals surface area (Å²) in [6.45, 7) is 2.46. The normalized spacial score (nSPS) is 13.9. The lowest BCUT2D eigenvalue weighted by Gasteiger charge is -2.27. The maximum atomic E-state index is 12.5. The summed E-state index contributed by atoms with van der Waals surface area (Å²) in [5.41, 5.74) is 1.09. The number of morpholine rings is 1. The molecule has 1 aromatic heterocycles. The van der Waals surface area contributed by atoms with Gasteiger partial charge in [0, 0.05) is 37.3 Å². The smallest absolute Gasteiger partial charge is 0.261 e. The molecule has 7 nitrogen and oxygen atoms in total. The Morgan fingerprint density at radius 3 is 2.67 bits per heavy atom. The number of hydrogen-bond acceptors (Lipinski definition) is 5. The predicted octanol–water partition coefficient (Wildman–Crippen LogP) is 1.98. The first-order valence-electron chi connectivity index (χ1n) is 8.72. The average molecular weight is 387 g/mol. The van der Waals surface area contributed by atoms with Crippen LogP contribution in [0.4, 0.5) is 5.69 Å². The average Bonchev–Trinajstić information content (AvgIpc) is 3.23. The van der Waals surface area contributed by atoms with Crippen LogP contribution in [0.3, 0.4) is 0 Å². The summed E-state index contributed by atoms with van der Waals surface area (Å²) in [7, 11) is 0. The molecule has 0 bridgehead atoms. The molecule has 1 aliphatic heterocycles. The van der Waals surface area contributed by atoms with Crippen LogP contribution in [-0.2, 0) is 9.53 Å². The molecular weight excluding hydrogens is 366 g/mol. The van der Waals surface area contributed by atoms with Crippen LogP contribution in [-0.4, -0.2) is 55.5 Å². The van der Waals surface area contributed by atoms with Crippen molar-refractivity contribution in [3.05, 3.63) is 52.2 Å². The molecule has 0 spiro atoms. The van der Waals surface area contributed by atoms with Crippen molar-refractivity contribution in [2.24, 2.45) is 0 Å². The lowest BCUT2D eigenvalue weighted by atomic mass is 10.1. The number of rotatable bonds is 6. The number of amides is 3. The lowest BCUT2D eigenvalue weighted by molar-refractivity contribution is -0.116. The molecule has 1 aromatic carbocycles. The van der Waals surface area contributed by atoms with Crippen LogP contribution in [0.15, 0.2) is 41.8 Å². The minimum Gasteiger partial charge on any atom is -0.378 e. The van der Waals surface area contributed by atoms with Gasteiger partial charge in [0.2, 0.25) is 5.91 Å². The summed E-state index contributed by atoms with van der Waals surface area (Å²) in [5, 5.41) is 7.30. The van der Waals surface area contributed by atoms with Crippen LogP contribution in [0.1, 0.15) is 26.5 Å². The van der Waals surface area contributed by atoms with Crippen molar-refractivity contribution >= 4 is 34.7 Å². The SMILES string of the molecule is O=C(CCNC(=O)c1cccs1)Nc1cccc(C(=O)N2CCOCC2)c1. The highest BCUT2D eigenvalue weighted by Crippen LogP contribution is 2.14. The molecule has 2 aromatic rings. The van der Waals surface area contributed by atoms with Crippen LogP contribution >= 0.6 is 11.3 Å². The molecule has 2 heterocycles. The first-order chi connectivity index (χ1) is 13.1. The molecule has 3 amide bonds. The minimum atomic E-state index is -0.225. The molecule has 0 radical (unpaired) electrons. The maximum Gasteiger partial charge on any atom is 0.261 e. The third-order valence-corrected chi connectivity index (χ3v) is 4.94. The predicted molar refractivity (Wildman–Crippen MR) is 103 cm³/mol. The topological polar surface area (TPSA) is 87.7 Å². The quantitative estimate of drug-likeness (QED) is 0.793. The second-order valence-corrected chi connectivity index (χ2v) is 6.96. The molecule has 8 heteroatoms. The van der Waals surface area contributed by atoms with Gasteiger partial charge < -0.3 is 20.3 Å². The van der Waals surface area contributed by atoms with Gasteiger partial charge in [0.25, 0.3) is 11.8 Å². The zero-order chi connectivity index (χ0) is 19.1. The fraction of sp³-hybridized carbons (Fsp3) is 0.316. The van der Waals surface area contributed by atoms with E-state index < -0.39 is 0 Å². The van der Waals surface area contributed by atoms with Gasteiger partial charge in [0.15, 0.2) is 0 Å². The molecule has 27 heavy (non-hydrogen) atoms. The minimum absolute atomic E-state index is 0.0717. The van der Waals surface area contributed by atoms with E-state index in [-0.39, 0.29) is 30.7 Å². The number of hydrogen-bond donors (Lipinski definition) is 2. The number of nitrogens with one attached hydrogen (secondary N) is 2. The molecule has 0 unspecified atom stereocenters. The number of ether oxygens (including phenoxy) is 1. The Bertz CT molecular complexity index is 801. The Balaban J connectivity index is 1.49. The van der Waals surface area contributed by atoms with Crippen LogP contribution in [0.5, 0.6) is 0 Å². The Morgan fingerprint density at radius 2 is 1.93 bits per heavy atom. The van der Waals surface area contributed by atoms with E-state index in [0.29, 0.717) is 42.4 Å².